The molecule has 0 spiro atoms. The van der Waals surface area contributed by atoms with E-state index in [2.05, 4.69) is 35.9 Å². The summed E-state index contributed by atoms with van der Waals surface area (Å²) >= 11 is 3.25. The average Bonchev–Trinajstić information content (AvgIpc) is 2.59. The minimum atomic E-state index is -1.85. The van der Waals surface area contributed by atoms with Gasteiger partial charge in [-0.05, 0) is 49.5 Å². The maximum Gasteiger partial charge on any atom is 0.336 e. The topological polar surface area (TPSA) is 63.6 Å². The van der Waals surface area contributed by atoms with Crippen molar-refractivity contribution in [2.45, 2.75) is 38.9 Å². The molecule has 2 rings (SSSR count). The van der Waals surface area contributed by atoms with Crippen LogP contribution in [0.3, 0.4) is 0 Å². The molecule has 0 bridgehead atoms. The van der Waals surface area contributed by atoms with Crippen LogP contribution < -0.4 is 4.43 Å². The Labute approximate surface area is 163 Å². The molecule has 2 aromatic carbocycles. The fourth-order valence-corrected chi connectivity index (χ4v) is 5.15. The molecule has 0 fully saturated rings. The number of carbonyl (C=O) groups excluding carboxylic acids is 1. The number of hydrogen-bond donors (Lipinski definition) is 1. The summed E-state index contributed by atoms with van der Waals surface area (Å²) < 4.78 is 6.81. The highest BCUT2D eigenvalue weighted by Gasteiger charge is 2.24. The SMILES string of the molecule is CCCC[Si](C)(C)Oc1cccc(C(=O)c2ccc(Br)cc2C(=O)O)c1. The number of ketones is 1. The van der Waals surface area contributed by atoms with Gasteiger partial charge in [0.15, 0.2) is 5.78 Å². The molecule has 0 aliphatic carbocycles. The number of aromatic carboxylic acids is 1. The number of carbonyl (C=O) groups is 2. The van der Waals surface area contributed by atoms with Gasteiger partial charge in [-0.2, -0.15) is 0 Å². The van der Waals surface area contributed by atoms with Crippen molar-refractivity contribution in [2.75, 3.05) is 0 Å². The van der Waals surface area contributed by atoms with Gasteiger partial charge in [0.1, 0.15) is 5.75 Å². The number of carboxylic acids is 1. The van der Waals surface area contributed by atoms with Crippen molar-refractivity contribution in [2.24, 2.45) is 0 Å². The summed E-state index contributed by atoms with van der Waals surface area (Å²) in [5.41, 5.74) is 0.571. The van der Waals surface area contributed by atoms with Crippen LogP contribution in [0.15, 0.2) is 46.9 Å². The third-order valence-corrected chi connectivity index (χ3v) is 6.92. The van der Waals surface area contributed by atoms with Gasteiger partial charge in [-0.25, -0.2) is 4.79 Å². The first-order chi connectivity index (χ1) is 12.2. The summed E-state index contributed by atoms with van der Waals surface area (Å²) in [7, 11) is -1.85. The van der Waals surface area contributed by atoms with Crippen molar-refractivity contribution in [3.8, 4) is 5.75 Å². The van der Waals surface area contributed by atoms with Gasteiger partial charge in [0.05, 0.1) is 5.56 Å². The summed E-state index contributed by atoms with van der Waals surface area (Å²) in [6.07, 6.45) is 2.25. The molecule has 26 heavy (non-hydrogen) atoms. The van der Waals surface area contributed by atoms with Crippen LogP contribution in [0.4, 0.5) is 0 Å². The van der Waals surface area contributed by atoms with Crippen LogP contribution in [0.1, 0.15) is 46.0 Å². The van der Waals surface area contributed by atoms with Crippen molar-refractivity contribution in [1.82, 2.24) is 0 Å². The van der Waals surface area contributed by atoms with Gasteiger partial charge >= 0.3 is 5.97 Å². The molecule has 0 saturated heterocycles. The predicted molar refractivity (Wildman–Crippen MR) is 109 cm³/mol. The normalized spacial score (nSPS) is 11.2. The lowest BCUT2D eigenvalue weighted by Crippen LogP contribution is -2.33. The zero-order chi connectivity index (χ0) is 19.3. The van der Waals surface area contributed by atoms with Crippen LogP contribution in [0.25, 0.3) is 0 Å². The molecule has 0 aromatic heterocycles. The summed E-state index contributed by atoms with van der Waals surface area (Å²) in [6.45, 7) is 6.48. The van der Waals surface area contributed by atoms with Crippen molar-refractivity contribution >= 4 is 36.0 Å². The Hall–Kier alpha value is -1.92. The third-order valence-electron chi connectivity index (χ3n) is 4.08. The zero-order valence-electron chi connectivity index (χ0n) is 15.2. The quantitative estimate of drug-likeness (QED) is 0.423. The lowest BCUT2D eigenvalue weighted by molar-refractivity contribution is 0.0692. The second kappa shape index (κ2) is 8.64. The molecule has 0 atom stereocenters. The van der Waals surface area contributed by atoms with E-state index in [-0.39, 0.29) is 16.9 Å². The third kappa shape index (κ3) is 5.29. The van der Waals surface area contributed by atoms with Crippen LogP contribution in [-0.4, -0.2) is 25.2 Å². The van der Waals surface area contributed by atoms with Gasteiger partial charge in [0, 0.05) is 15.6 Å². The fraction of sp³-hybridized carbons (Fsp3) is 0.300. The van der Waals surface area contributed by atoms with Crippen molar-refractivity contribution in [3.63, 3.8) is 0 Å². The highest BCUT2D eigenvalue weighted by molar-refractivity contribution is 9.10. The van der Waals surface area contributed by atoms with Gasteiger partial charge in [-0.15, -0.1) is 0 Å². The van der Waals surface area contributed by atoms with Gasteiger partial charge in [-0.3, -0.25) is 4.79 Å². The van der Waals surface area contributed by atoms with E-state index < -0.39 is 14.3 Å². The molecule has 1 N–H and O–H groups in total. The summed E-state index contributed by atoms with van der Waals surface area (Å²) in [5.74, 6) is -0.791. The Kier molecular flexibility index (Phi) is 6.78. The smallest absolute Gasteiger partial charge is 0.336 e. The van der Waals surface area contributed by atoms with Gasteiger partial charge in [0.2, 0.25) is 8.32 Å². The number of unbranched alkanes of at least 4 members (excludes halogenated alkanes) is 1. The number of halogens is 1. The summed E-state index contributed by atoms with van der Waals surface area (Å²) in [4.78, 5) is 24.3. The second-order valence-electron chi connectivity index (χ2n) is 6.82. The number of hydrogen-bond acceptors (Lipinski definition) is 3. The molecule has 0 aliphatic heterocycles. The van der Waals surface area contributed by atoms with E-state index in [4.69, 9.17) is 4.43 Å². The monoisotopic (exact) mass is 434 g/mol. The minimum absolute atomic E-state index is 0.0200. The van der Waals surface area contributed by atoms with Gasteiger partial charge < -0.3 is 9.53 Å². The highest BCUT2D eigenvalue weighted by atomic mass is 79.9. The molecule has 0 amide bonds. The molecule has 2 aromatic rings. The molecular formula is C20H23BrO4Si. The number of carboxylic acid groups (broad SMARTS) is 1. The van der Waals surface area contributed by atoms with Gasteiger partial charge in [-0.1, -0.05) is 47.8 Å². The Bertz CT molecular complexity index is 817. The molecule has 0 heterocycles. The van der Waals surface area contributed by atoms with Crippen LogP contribution >= 0.6 is 15.9 Å². The van der Waals surface area contributed by atoms with Crippen LogP contribution in [0.5, 0.6) is 5.75 Å². The van der Waals surface area contributed by atoms with E-state index in [1.807, 2.05) is 6.07 Å². The largest absolute Gasteiger partial charge is 0.544 e. The molecular weight excluding hydrogens is 412 g/mol. The molecule has 138 valence electrons. The lowest BCUT2D eigenvalue weighted by atomic mass is 9.98. The van der Waals surface area contributed by atoms with Crippen LogP contribution in [-0.2, 0) is 0 Å². The molecule has 0 radical (unpaired) electrons. The minimum Gasteiger partial charge on any atom is -0.544 e. The maximum atomic E-state index is 12.8. The zero-order valence-corrected chi connectivity index (χ0v) is 17.8. The Morgan fingerprint density at radius 2 is 1.85 bits per heavy atom. The number of rotatable bonds is 8. The fourth-order valence-electron chi connectivity index (χ4n) is 2.72. The van der Waals surface area contributed by atoms with Crippen LogP contribution in [0, 0.1) is 0 Å². The van der Waals surface area contributed by atoms with E-state index in [0.717, 1.165) is 18.9 Å². The molecule has 4 nitrogen and oxygen atoms in total. The summed E-state index contributed by atoms with van der Waals surface area (Å²) in [6, 6.07) is 12.7. The van der Waals surface area contributed by atoms with E-state index in [1.165, 1.54) is 12.1 Å². The van der Waals surface area contributed by atoms with E-state index in [9.17, 15) is 14.7 Å². The first-order valence-electron chi connectivity index (χ1n) is 8.60. The molecule has 0 aliphatic rings. The van der Waals surface area contributed by atoms with Gasteiger partial charge in [0.25, 0.3) is 0 Å². The first-order valence-corrected chi connectivity index (χ1v) is 12.5. The van der Waals surface area contributed by atoms with Crippen molar-refractivity contribution < 1.29 is 19.1 Å². The first kappa shape index (κ1) is 20.4. The second-order valence-corrected chi connectivity index (χ2v) is 12.0. The Balaban J connectivity index is 2.30. The average molecular weight is 435 g/mol. The van der Waals surface area contributed by atoms with Crippen molar-refractivity contribution in [1.29, 1.82) is 0 Å². The van der Waals surface area contributed by atoms with Crippen LogP contribution in [0.2, 0.25) is 19.1 Å². The van der Waals surface area contributed by atoms with E-state index in [1.54, 1.807) is 24.3 Å². The Morgan fingerprint density at radius 1 is 1.12 bits per heavy atom. The molecule has 0 unspecified atom stereocenters. The Morgan fingerprint density at radius 3 is 2.50 bits per heavy atom. The number of benzene rings is 2. The van der Waals surface area contributed by atoms with E-state index >= 15 is 0 Å². The van der Waals surface area contributed by atoms with Crippen molar-refractivity contribution in [3.05, 3.63) is 63.6 Å². The standard InChI is InChI=1S/C20H23BrO4Si/c1-4-5-11-26(2,3)25-16-8-6-7-14(12-16)19(22)17-10-9-15(21)13-18(17)20(23)24/h6-10,12-13H,4-5,11H2,1-3H3,(H,23,24). The predicted octanol–water partition coefficient (Wildman–Crippen LogP) is 5.76. The molecule has 0 saturated carbocycles. The lowest BCUT2D eigenvalue weighted by Gasteiger charge is -2.24. The maximum absolute atomic E-state index is 12.8. The highest BCUT2D eigenvalue weighted by Crippen LogP contribution is 2.25. The van der Waals surface area contributed by atoms with E-state index in [0.29, 0.717) is 15.8 Å². The molecule has 6 heteroatoms. The summed E-state index contributed by atoms with van der Waals surface area (Å²) in [5, 5.41) is 9.38.